The van der Waals surface area contributed by atoms with Crippen molar-refractivity contribution in [3.8, 4) is 11.4 Å². The number of halogens is 2. The Morgan fingerprint density at radius 3 is 2.81 bits per heavy atom. The molecule has 0 saturated carbocycles. The SMILES string of the molecule is Cc1nc(/C=C/c2cn3c(n2)-c2cc(F)ccc2C3)nc2c(F)cccc12. The monoisotopic (exact) mass is 360 g/mol. The second kappa shape index (κ2) is 5.81. The first-order chi connectivity index (χ1) is 13.1. The van der Waals surface area contributed by atoms with E-state index in [9.17, 15) is 8.78 Å². The van der Waals surface area contributed by atoms with E-state index in [1.54, 1.807) is 30.4 Å². The molecule has 6 heteroatoms. The van der Waals surface area contributed by atoms with Gasteiger partial charge < -0.3 is 4.57 Å². The Morgan fingerprint density at radius 1 is 1.04 bits per heavy atom. The standard InChI is InChI=1S/C21H14F2N4/c1-12-16-3-2-4-18(23)20(16)26-19(24-12)8-7-15-11-27-10-13-5-6-14(22)9-17(13)21(27)25-15/h2-9,11H,10H2,1H3/b8-7+. The molecule has 2 aromatic carbocycles. The number of aromatic nitrogens is 4. The number of nitrogens with zero attached hydrogens (tertiary/aromatic N) is 4. The van der Waals surface area contributed by atoms with E-state index in [1.165, 1.54) is 18.2 Å². The first kappa shape index (κ1) is 15.8. The molecule has 27 heavy (non-hydrogen) atoms. The van der Waals surface area contributed by atoms with Crippen molar-refractivity contribution in [3.05, 3.63) is 77.0 Å². The minimum Gasteiger partial charge on any atom is -0.326 e. The third kappa shape index (κ3) is 2.61. The lowest BCUT2D eigenvalue weighted by Crippen LogP contribution is -1.95. The van der Waals surface area contributed by atoms with Gasteiger partial charge in [0.05, 0.1) is 5.69 Å². The summed E-state index contributed by atoms with van der Waals surface area (Å²) in [5.41, 5.74) is 3.61. The number of aryl methyl sites for hydroxylation is 1. The van der Waals surface area contributed by atoms with Crippen molar-refractivity contribution < 1.29 is 8.78 Å². The van der Waals surface area contributed by atoms with Crippen LogP contribution in [-0.2, 0) is 6.54 Å². The Bertz CT molecular complexity index is 1240. The highest BCUT2D eigenvalue weighted by Gasteiger charge is 2.20. The van der Waals surface area contributed by atoms with E-state index >= 15 is 0 Å². The molecule has 1 aliphatic heterocycles. The summed E-state index contributed by atoms with van der Waals surface area (Å²) in [6, 6.07) is 9.60. The van der Waals surface area contributed by atoms with Crippen LogP contribution in [0.5, 0.6) is 0 Å². The van der Waals surface area contributed by atoms with Gasteiger partial charge in [0.15, 0.2) is 5.82 Å². The van der Waals surface area contributed by atoms with Gasteiger partial charge in [-0.2, -0.15) is 0 Å². The van der Waals surface area contributed by atoms with Crippen molar-refractivity contribution in [3.63, 3.8) is 0 Å². The highest BCUT2D eigenvalue weighted by Crippen LogP contribution is 2.32. The van der Waals surface area contributed by atoms with Gasteiger partial charge in [-0.25, -0.2) is 23.7 Å². The molecule has 3 heterocycles. The Morgan fingerprint density at radius 2 is 1.93 bits per heavy atom. The fraction of sp³-hybridized carbons (Fsp3) is 0.0952. The van der Waals surface area contributed by atoms with E-state index in [1.807, 2.05) is 17.7 Å². The molecule has 0 atom stereocenters. The van der Waals surface area contributed by atoms with Gasteiger partial charge >= 0.3 is 0 Å². The maximum atomic E-state index is 14.0. The Kier molecular flexibility index (Phi) is 3.40. The maximum absolute atomic E-state index is 14.0. The van der Waals surface area contributed by atoms with Crippen LogP contribution in [0.2, 0.25) is 0 Å². The number of rotatable bonds is 2. The minimum atomic E-state index is -0.368. The predicted molar refractivity (Wildman–Crippen MR) is 99.9 cm³/mol. The van der Waals surface area contributed by atoms with Crippen LogP contribution in [0.3, 0.4) is 0 Å². The summed E-state index contributed by atoms with van der Waals surface area (Å²) < 4.78 is 29.5. The van der Waals surface area contributed by atoms with Crippen molar-refractivity contribution in [2.24, 2.45) is 0 Å². The zero-order valence-electron chi connectivity index (χ0n) is 14.4. The van der Waals surface area contributed by atoms with E-state index in [2.05, 4.69) is 15.0 Å². The van der Waals surface area contributed by atoms with E-state index in [-0.39, 0.29) is 11.6 Å². The summed E-state index contributed by atoms with van der Waals surface area (Å²) in [6.07, 6.45) is 5.40. The Labute approximate surface area is 153 Å². The number of hydrogen-bond donors (Lipinski definition) is 0. The first-order valence-electron chi connectivity index (χ1n) is 8.55. The van der Waals surface area contributed by atoms with E-state index in [0.717, 1.165) is 28.3 Å². The van der Waals surface area contributed by atoms with Crippen LogP contribution in [0.15, 0.2) is 42.6 Å². The number of hydrogen-bond acceptors (Lipinski definition) is 3. The van der Waals surface area contributed by atoms with Crippen LogP contribution in [0.1, 0.15) is 22.8 Å². The summed E-state index contributed by atoms with van der Waals surface area (Å²) in [7, 11) is 0. The maximum Gasteiger partial charge on any atom is 0.153 e. The minimum absolute atomic E-state index is 0.274. The third-order valence-electron chi connectivity index (χ3n) is 4.74. The Balaban J connectivity index is 1.51. The normalized spacial score (nSPS) is 12.7. The largest absolute Gasteiger partial charge is 0.326 e. The molecular weight excluding hydrogens is 346 g/mol. The van der Waals surface area contributed by atoms with Gasteiger partial charge in [-0.15, -0.1) is 0 Å². The molecule has 0 fully saturated rings. The van der Waals surface area contributed by atoms with Crippen LogP contribution in [-0.4, -0.2) is 19.5 Å². The fourth-order valence-electron chi connectivity index (χ4n) is 3.46. The lowest BCUT2D eigenvalue weighted by atomic mass is 10.1. The van der Waals surface area contributed by atoms with Crippen LogP contribution < -0.4 is 0 Å². The van der Waals surface area contributed by atoms with E-state index in [4.69, 9.17) is 0 Å². The highest BCUT2D eigenvalue weighted by atomic mass is 19.1. The second-order valence-corrected chi connectivity index (χ2v) is 6.56. The molecule has 1 aliphatic rings. The molecule has 2 aromatic heterocycles. The van der Waals surface area contributed by atoms with Crippen molar-refractivity contribution >= 4 is 23.1 Å². The van der Waals surface area contributed by atoms with Crippen molar-refractivity contribution in [2.45, 2.75) is 13.5 Å². The van der Waals surface area contributed by atoms with Gasteiger partial charge in [0.25, 0.3) is 0 Å². The van der Waals surface area contributed by atoms with Gasteiger partial charge in [0, 0.05) is 29.4 Å². The zero-order chi connectivity index (χ0) is 18.5. The van der Waals surface area contributed by atoms with Crippen molar-refractivity contribution in [2.75, 3.05) is 0 Å². The molecule has 0 bridgehead atoms. The predicted octanol–water partition coefficient (Wildman–Crippen LogP) is 4.61. The summed E-state index contributed by atoms with van der Waals surface area (Å²) >= 11 is 0. The number of imidazole rings is 1. The molecule has 0 N–H and O–H groups in total. The van der Waals surface area contributed by atoms with Gasteiger partial charge in [-0.3, -0.25) is 0 Å². The molecule has 0 aliphatic carbocycles. The average Bonchev–Trinajstić information content (AvgIpc) is 3.19. The second-order valence-electron chi connectivity index (χ2n) is 6.56. The summed E-state index contributed by atoms with van der Waals surface area (Å²) in [5.74, 6) is 0.520. The quantitative estimate of drug-likeness (QED) is 0.462. The smallest absolute Gasteiger partial charge is 0.153 e. The third-order valence-corrected chi connectivity index (χ3v) is 4.74. The molecule has 0 radical (unpaired) electrons. The van der Waals surface area contributed by atoms with Crippen LogP contribution >= 0.6 is 0 Å². The lowest BCUT2D eigenvalue weighted by Gasteiger charge is -2.03. The summed E-state index contributed by atoms with van der Waals surface area (Å²) in [5, 5.41) is 0.701. The first-order valence-corrected chi connectivity index (χ1v) is 8.55. The molecule has 0 saturated heterocycles. The Hall–Kier alpha value is -3.41. The molecule has 5 rings (SSSR count). The number of para-hydroxylation sites is 1. The van der Waals surface area contributed by atoms with E-state index in [0.29, 0.717) is 23.3 Å². The molecule has 4 nitrogen and oxygen atoms in total. The fourth-order valence-corrected chi connectivity index (χ4v) is 3.46. The topological polar surface area (TPSA) is 43.6 Å². The van der Waals surface area contributed by atoms with Gasteiger partial charge in [0.1, 0.15) is 23.0 Å². The van der Waals surface area contributed by atoms with Gasteiger partial charge in [0.2, 0.25) is 0 Å². The molecule has 0 spiro atoms. The molecular formula is C21H14F2N4. The van der Waals surface area contributed by atoms with Crippen LogP contribution in [0.4, 0.5) is 8.78 Å². The van der Waals surface area contributed by atoms with Gasteiger partial charge in [-0.05, 0) is 42.8 Å². The summed E-state index contributed by atoms with van der Waals surface area (Å²) in [6.45, 7) is 2.50. The van der Waals surface area contributed by atoms with Gasteiger partial charge in [-0.1, -0.05) is 18.2 Å². The molecule has 0 unspecified atom stereocenters. The summed E-state index contributed by atoms with van der Waals surface area (Å²) in [4.78, 5) is 13.3. The van der Waals surface area contributed by atoms with Crippen LogP contribution in [0, 0.1) is 18.6 Å². The van der Waals surface area contributed by atoms with Crippen LogP contribution in [0.25, 0.3) is 34.4 Å². The highest BCUT2D eigenvalue weighted by molar-refractivity contribution is 5.82. The molecule has 132 valence electrons. The molecule has 4 aromatic rings. The number of benzene rings is 2. The molecule has 0 amide bonds. The van der Waals surface area contributed by atoms with E-state index < -0.39 is 0 Å². The zero-order valence-corrected chi connectivity index (χ0v) is 14.4. The number of fused-ring (bicyclic) bond motifs is 4. The lowest BCUT2D eigenvalue weighted by molar-refractivity contribution is 0.628. The van der Waals surface area contributed by atoms with Crippen molar-refractivity contribution in [1.29, 1.82) is 0 Å². The average molecular weight is 360 g/mol. The van der Waals surface area contributed by atoms with Crippen molar-refractivity contribution in [1.82, 2.24) is 19.5 Å².